The molecule has 0 aliphatic rings. The molecule has 0 aliphatic heterocycles. The van der Waals surface area contributed by atoms with Crippen molar-refractivity contribution in [3.8, 4) is 0 Å². The van der Waals surface area contributed by atoms with E-state index in [1.807, 2.05) is 0 Å². The lowest BCUT2D eigenvalue weighted by Gasteiger charge is -2.16. The third kappa shape index (κ3) is 9.39. The molecule has 0 saturated heterocycles. The van der Waals surface area contributed by atoms with Crippen molar-refractivity contribution < 1.29 is 9.85 Å². The zero-order valence-corrected chi connectivity index (χ0v) is 22.9. The highest BCUT2D eigenvalue weighted by molar-refractivity contribution is 5.85. The van der Waals surface area contributed by atoms with Gasteiger partial charge in [0.05, 0.1) is 27.3 Å². The maximum atomic E-state index is 11.8. The molecule has 10 heteroatoms. The number of nitrogens with one attached hydrogen (secondary N) is 2. The van der Waals surface area contributed by atoms with Gasteiger partial charge in [0, 0.05) is 17.8 Å². The first-order valence-electron chi connectivity index (χ1n) is 13.9. The Balaban J connectivity index is 2.22. The number of hydrogen-bond acceptors (Lipinski definition) is 8. The Morgan fingerprint density at radius 1 is 0.711 bits per heavy atom. The number of hydrogen-bond donors (Lipinski definition) is 4. The molecular formula is C28H44N6O4. The van der Waals surface area contributed by atoms with Crippen LogP contribution in [0.1, 0.15) is 96.5 Å². The van der Waals surface area contributed by atoms with Crippen LogP contribution in [0, 0.1) is 20.2 Å². The molecule has 0 fully saturated rings. The van der Waals surface area contributed by atoms with E-state index in [1.54, 1.807) is 12.1 Å². The van der Waals surface area contributed by atoms with Gasteiger partial charge < -0.3 is 22.1 Å². The summed E-state index contributed by atoms with van der Waals surface area (Å²) in [6.45, 7) is 4.88. The molecule has 0 amide bonds. The highest BCUT2D eigenvalue weighted by Gasteiger charge is 2.25. The van der Waals surface area contributed by atoms with Crippen molar-refractivity contribution in [3.05, 3.63) is 50.1 Å². The molecule has 6 N–H and O–H groups in total. The zero-order chi connectivity index (χ0) is 27.9. The van der Waals surface area contributed by atoms with E-state index in [4.69, 9.17) is 11.5 Å². The van der Waals surface area contributed by atoms with E-state index in [2.05, 4.69) is 24.5 Å². The van der Waals surface area contributed by atoms with E-state index in [0.717, 1.165) is 50.2 Å². The Morgan fingerprint density at radius 3 is 1.87 bits per heavy atom. The summed E-state index contributed by atoms with van der Waals surface area (Å²) in [5.41, 5.74) is 14.6. The summed E-state index contributed by atoms with van der Waals surface area (Å²) >= 11 is 0. The van der Waals surface area contributed by atoms with Crippen molar-refractivity contribution >= 4 is 39.8 Å². The summed E-state index contributed by atoms with van der Waals surface area (Å²) in [7, 11) is 0. The molecule has 38 heavy (non-hydrogen) atoms. The summed E-state index contributed by atoms with van der Waals surface area (Å²) in [5, 5.41) is 29.7. The van der Waals surface area contributed by atoms with Crippen LogP contribution >= 0.6 is 0 Å². The van der Waals surface area contributed by atoms with Crippen LogP contribution in [0.2, 0.25) is 0 Å². The molecule has 0 spiro atoms. The molecule has 0 aliphatic carbocycles. The van der Waals surface area contributed by atoms with E-state index in [0.29, 0.717) is 30.0 Å². The fourth-order valence-electron chi connectivity index (χ4n) is 4.55. The van der Waals surface area contributed by atoms with Crippen molar-refractivity contribution in [2.75, 3.05) is 28.6 Å². The van der Waals surface area contributed by atoms with Gasteiger partial charge in [-0.25, -0.2) is 0 Å². The van der Waals surface area contributed by atoms with Crippen LogP contribution in [0.5, 0.6) is 0 Å². The molecule has 0 bridgehead atoms. The first-order valence-corrected chi connectivity index (χ1v) is 13.9. The predicted octanol–water partition coefficient (Wildman–Crippen LogP) is 8.09. The minimum Gasteiger partial charge on any atom is -0.398 e. The Kier molecular flexibility index (Phi) is 13.2. The number of nitrogen functional groups attached to an aromatic ring is 2. The van der Waals surface area contributed by atoms with Gasteiger partial charge in [-0.3, -0.25) is 20.2 Å². The standard InChI is InChI=1S/C28H44N6O4/c1-3-5-7-9-11-13-15-21-22(29)16-17-23(28(21)30)32-25-19-24(31-18-14-12-10-8-6-4-2)26(33(35)36)20-27(25)34(37)38/h16-17,19-20,31-32H,3-15,18,29-30H2,1-2H3. The van der Waals surface area contributed by atoms with Gasteiger partial charge in [0.1, 0.15) is 11.4 Å². The van der Waals surface area contributed by atoms with Crippen molar-refractivity contribution in [1.82, 2.24) is 0 Å². The first kappa shape index (κ1) is 30.7. The molecular weight excluding hydrogens is 484 g/mol. The van der Waals surface area contributed by atoms with Crippen LogP contribution < -0.4 is 22.1 Å². The summed E-state index contributed by atoms with van der Waals surface area (Å²) in [5.74, 6) is 0. The van der Waals surface area contributed by atoms with Gasteiger partial charge in [0.2, 0.25) is 0 Å². The number of nitro benzene ring substituents is 2. The average molecular weight is 529 g/mol. The lowest BCUT2D eigenvalue weighted by Crippen LogP contribution is -2.08. The van der Waals surface area contributed by atoms with Crippen LogP contribution in [0.25, 0.3) is 0 Å². The number of nitro groups is 2. The van der Waals surface area contributed by atoms with Gasteiger partial charge in [0.25, 0.3) is 11.4 Å². The second-order valence-electron chi connectivity index (χ2n) is 9.83. The predicted molar refractivity (Wildman–Crippen MR) is 157 cm³/mol. The normalized spacial score (nSPS) is 10.9. The SMILES string of the molecule is CCCCCCCCNc1cc(Nc2ccc(N)c(CCCCCCCC)c2N)c([N+](=O)[O-])cc1[N+](=O)[O-]. The van der Waals surface area contributed by atoms with E-state index in [1.165, 1.54) is 44.6 Å². The number of rotatable bonds is 19. The third-order valence-corrected chi connectivity index (χ3v) is 6.80. The molecule has 0 atom stereocenters. The monoisotopic (exact) mass is 528 g/mol. The second kappa shape index (κ2) is 16.3. The molecule has 2 aromatic carbocycles. The summed E-state index contributed by atoms with van der Waals surface area (Å²) in [6, 6.07) is 5.84. The highest BCUT2D eigenvalue weighted by Crippen LogP contribution is 2.39. The third-order valence-electron chi connectivity index (χ3n) is 6.80. The Bertz CT molecular complexity index is 1060. The fourth-order valence-corrected chi connectivity index (χ4v) is 4.55. The van der Waals surface area contributed by atoms with Gasteiger partial charge in [-0.1, -0.05) is 78.1 Å². The maximum Gasteiger partial charge on any atom is 0.299 e. The van der Waals surface area contributed by atoms with Crippen LogP contribution in [-0.2, 0) is 6.42 Å². The van der Waals surface area contributed by atoms with Crippen LogP contribution in [0.15, 0.2) is 24.3 Å². The van der Waals surface area contributed by atoms with Crippen molar-refractivity contribution in [2.45, 2.75) is 97.3 Å². The smallest absolute Gasteiger partial charge is 0.299 e. The Hall–Kier alpha value is -3.56. The van der Waals surface area contributed by atoms with E-state index in [-0.39, 0.29) is 17.1 Å². The van der Waals surface area contributed by atoms with Gasteiger partial charge in [-0.05, 0) is 37.5 Å². The molecule has 2 rings (SSSR count). The second-order valence-corrected chi connectivity index (χ2v) is 9.83. The molecule has 2 aromatic rings. The zero-order valence-electron chi connectivity index (χ0n) is 22.9. The number of benzene rings is 2. The van der Waals surface area contributed by atoms with Gasteiger partial charge in [-0.15, -0.1) is 0 Å². The van der Waals surface area contributed by atoms with Crippen molar-refractivity contribution in [3.63, 3.8) is 0 Å². The Labute approximate surface area is 225 Å². The molecule has 0 heterocycles. The van der Waals surface area contributed by atoms with Gasteiger partial charge in [0.15, 0.2) is 0 Å². The summed E-state index contributed by atoms with van der Waals surface area (Å²) in [4.78, 5) is 22.3. The maximum absolute atomic E-state index is 11.8. The summed E-state index contributed by atoms with van der Waals surface area (Å²) < 4.78 is 0. The fraction of sp³-hybridized carbons (Fsp3) is 0.571. The van der Waals surface area contributed by atoms with E-state index >= 15 is 0 Å². The van der Waals surface area contributed by atoms with E-state index in [9.17, 15) is 20.2 Å². The lowest BCUT2D eigenvalue weighted by atomic mass is 10.0. The van der Waals surface area contributed by atoms with Crippen LogP contribution in [0.3, 0.4) is 0 Å². The molecule has 10 nitrogen and oxygen atoms in total. The number of anilines is 5. The van der Waals surface area contributed by atoms with Crippen LogP contribution in [0.4, 0.5) is 39.8 Å². The molecule has 210 valence electrons. The molecule has 0 saturated carbocycles. The first-order chi connectivity index (χ1) is 18.3. The molecule has 0 aromatic heterocycles. The topological polar surface area (TPSA) is 162 Å². The number of nitrogens with zero attached hydrogens (tertiary/aromatic N) is 2. The quantitative estimate of drug-likeness (QED) is 0.0615. The van der Waals surface area contributed by atoms with Gasteiger partial charge >= 0.3 is 0 Å². The van der Waals surface area contributed by atoms with Crippen LogP contribution in [-0.4, -0.2) is 16.4 Å². The number of unbranched alkanes of at least 4 members (excludes halogenated alkanes) is 10. The Morgan fingerprint density at radius 2 is 1.26 bits per heavy atom. The van der Waals surface area contributed by atoms with E-state index < -0.39 is 15.5 Å². The minimum atomic E-state index is -0.627. The number of nitrogens with two attached hydrogens (primary N) is 2. The average Bonchev–Trinajstić information content (AvgIpc) is 2.88. The van der Waals surface area contributed by atoms with Gasteiger partial charge in [-0.2, -0.15) is 0 Å². The van der Waals surface area contributed by atoms with Crippen molar-refractivity contribution in [1.29, 1.82) is 0 Å². The summed E-state index contributed by atoms with van der Waals surface area (Å²) in [6.07, 6.45) is 14.1. The largest absolute Gasteiger partial charge is 0.398 e. The van der Waals surface area contributed by atoms with Crippen molar-refractivity contribution in [2.24, 2.45) is 0 Å². The lowest BCUT2D eigenvalue weighted by molar-refractivity contribution is -0.393. The minimum absolute atomic E-state index is 0.132. The highest BCUT2D eigenvalue weighted by atomic mass is 16.6. The molecule has 0 radical (unpaired) electrons. The molecule has 0 unspecified atom stereocenters.